The van der Waals surface area contributed by atoms with E-state index in [9.17, 15) is 19.5 Å². The normalized spacial score (nSPS) is 13.0. The first-order valence-electron chi connectivity index (χ1n) is 15.1. The molecule has 0 aliphatic heterocycles. The van der Waals surface area contributed by atoms with Crippen LogP contribution in [0.4, 0.5) is 10.5 Å². The Bertz CT molecular complexity index is 1430. The highest BCUT2D eigenvalue weighted by atomic mass is 16.6. The molecule has 0 heterocycles. The van der Waals surface area contributed by atoms with Gasteiger partial charge in [-0.2, -0.15) is 0 Å². The van der Waals surface area contributed by atoms with Gasteiger partial charge in [-0.3, -0.25) is 9.59 Å². The van der Waals surface area contributed by atoms with Crippen molar-refractivity contribution in [2.24, 2.45) is 0 Å². The van der Waals surface area contributed by atoms with Crippen molar-refractivity contribution >= 4 is 23.6 Å². The lowest BCUT2D eigenvalue weighted by atomic mass is 9.93. The fourth-order valence-corrected chi connectivity index (χ4v) is 5.09. The predicted octanol–water partition coefficient (Wildman–Crippen LogP) is 7.01. The van der Waals surface area contributed by atoms with E-state index in [0.717, 1.165) is 28.7 Å². The monoisotopic (exact) mass is 601 g/mol. The Kier molecular flexibility index (Phi) is 10.8. The largest absolute Gasteiger partial charge is 0.508 e. The van der Waals surface area contributed by atoms with Crippen molar-refractivity contribution in [3.8, 4) is 5.75 Å². The molecule has 3 rings (SSSR count). The third-order valence-corrected chi connectivity index (χ3v) is 7.26. The summed E-state index contributed by atoms with van der Waals surface area (Å²) < 4.78 is 5.52. The van der Waals surface area contributed by atoms with Crippen molar-refractivity contribution in [2.75, 3.05) is 5.32 Å². The standard InChI is InChI=1S/C36H47N3O5/c1-10-25-14-18-27(19-15-25)31(32(41)38-30-23(2)12-11-13-24(30)3)39(35(4,5)6)33(42)29(37-34(43)44-36(7,8)9)22-26-16-20-28(40)21-17-26/h11-21,29,31,40H,10,22H2,1-9H3,(H,37,43)(H,38,41). The van der Waals surface area contributed by atoms with E-state index >= 15 is 0 Å². The number of anilines is 1. The fourth-order valence-electron chi connectivity index (χ4n) is 5.09. The zero-order valence-electron chi connectivity index (χ0n) is 27.4. The molecule has 44 heavy (non-hydrogen) atoms. The predicted molar refractivity (Wildman–Crippen MR) is 175 cm³/mol. The van der Waals surface area contributed by atoms with Gasteiger partial charge in [0.05, 0.1) is 0 Å². The van der Waals surface area contributed by atoms with Gasteiger partial charge in [-0.05, 0) is 102 Å². The van der Waals surface area contributed by atoms with E-state index in [1.807, 2.05) is 77.1 Å². The molecule has 0 radical (unpaired) electrons. The zero-order chi connectivity index (χ0) is 32.8. The molecule has 3 aromatic rings. The molecule has 2 atom stereocenters. The summed E-state index contributed by atoms with van der Waals surface area (Å²) in [4.78, 5) is 43.6. The molecule has 8 nitrogen and oxygen atoms in total. The maximum Gasteiger partial charge on any atom is 0.408 e. The Labute approximate surface area is 261 Å². The second-order valence-corrected chi connectivity index (χ2v) is 13.2. The van der Waals surface area contributed by atoms with Gasteiger partial charge in [-0.25, -0.2) is 4.79 Å². The van der Waals surface area contributed by atoms with E-state index in [1.165, 1.54) is 12.1 Å². The lowest BCUT2D eigenvalue weighted by molar-refractivity contribution is -0.146. The number of rotatable bonds is 9. The number of benzene rings is 3. The van der Waals surface area contributed by atoms with Crippen molar-refractivity contribution in [3.05, 3.63) is 94.5 Å². The van der Waals surface area contributed by atoms with Crippen LogP contribution in [0.3, 0.4) is 0 Å². The molecule has 0 aliphatic carbocycles. The van der Waals surface area contributed by atoms with Crippen LogP contribution in [0.25, 0.3) is 0 Å². The topological polar surface area (TPSA) is 108 Å². The summed E-state index contributed by atoms with van der Waals surface area (Å²) in [6.45, 7) is 16.8. The molecule has 3 N–H and O–H groups in total. The van der Waals surface area contributed by atoms with Crippen LogP contribution >= 0.6 is 0 Å². The van der Waals surface area contributed by atoms with Crippen molar-refractivity contribution in [3.63, 3.8) is 0 Å². The summed E-state index contributed by atoms with van der Waals surface area (Å²) >= 11 is 0. The SMILES string of the molecule is CCc1ccc(C(C(=O)Nc2c(C)cccc2C)N(C(=O)C(Cc2ccc(O)cc2)NC(=O)OC(C)(C)C)C(C)(C)C)cc1. The van der Waals surface area contributed by atoms with Crippen LogP contribution in [0.5, 0.6) is 5.75 Å². The van der Waals surface area contributed by atoms with Crippen LogP contribution in [0.2, 0.25) is 0 Å². The second-order valence-electron chi connectivity index (χ2n) is 13.2. The highest BCUT2D eigenvalue weighted by molar-refractivity contribution is 6.00. The summed E-state index contributed by atoms with van der Waals surface area (Å²) in [5, 5.41) is 15.7. The van der Waals surface area contributed by atoms with Gasteiger partial charge in [0.25, 0.3) is 5.91 Å². The first-order valence-corrected chi connectivity index (χ1v) is 15.1. The van der Waals surface area contributed by atoms with Gasteiger partial charge < -0.3 is 25.4 Å². The lowest BCUT2D eigenvalue weighted by Crippen LogP contribution is -2.58. The minimum atomic E-state index is -1.07. The molecule has 2 unspecified atom stereocenters. The Morgan fingerprint density at radius 2 is 1.39 bits per heavy atom. The number of para-hydroxylation sites is 1. The van der Waals surface area contributed by atoms with Gasteiger partial charge in [0.2, 0.25) is 5.91 Å². The third kappa shape index (κ3) is 9.09. The Morgan fingerprint density at radius 3 is 1.89 bits per heavy atom. The number of ether oxygens (including phenoxy) is 1. The first-order chi connectivity index (χ1) is 20.5. The number of aryl methyl sites for hydroxylation is 3. The average molecular weight is 602 g/mol. The lowest BCUT2D eigenvalue weighted by Gasteiger charge is -2.43. The minimum Gasteiger partial charge on any atom is -0.508 e. The number of carbonyl (C=O) groups is 3. The molecule has 236 valence electrons. The average Bonchev–Trinajstić information content (AvgIpc) is 2.92. The molecule has 3 amide bonds. The second kappa shape index (κ2) is 14.0. The number of phenolic OH excluding ortho intramolecular Hbond substituents is 1. The molecule has 0 fully saturated rings. The van der Waals surface area contributed by atoms with Crippen LogP contribution in [0.1, 0.15) is 82.3 Å². The van der Waals surface area contributed by atoms with Gasteiger partial charge in [-0.15, -0.1) is 0 Å². The number of alkyl carbamates (subject to hydrolysis) is 1. The number of amides is 3. The molecule has 0 saturated heterocycles. The molecule has 0 aliphatic rings. The summed E-state index contributed by atoms with van der Waals surface area (Å²) in [6, 6.07) is 17.9. The number of nitrogens with zero attached hydrogens (tertiary/aromatic N) is 1. The molecule has 0 bridgehead atoms. The highest BCUT2D eigenvalue weighted by Crippen LogP contribution is 2.33. The third-order valence-electron chi connectivity index (χ3n) is 7.26. The van der Waals surface area contributed by atoms with Crippen molar-refractivity contribution in [1.82, 2.24) is 10.2 Å². The number of hydrogen-bond acceptors (Lipinski definition) is 5. The first kappa shape index (κ1) is 34.2. The van der Waals surface area contributed by atoms with Crippen LogP contribution in [0, 0.1) is 13.8 Å². The number of nitrogens with one attached hydrogen (secondary N) is 2. The fraction of sp³-hybridized carbons (Fsp3) is 0.417. The van der Waals surface area contributed by atoms with Crippen molar-refractivity contribution < 1.29 is 24.2 Å². The molecular weight excluding hydrogens is 554 g/mol. The number of phenols is 1. The number of carbonyl (C=O) groups excluding carboxylic acids is 3. The van der Waals surface area contributed by atoms with Gasteiger partial charge in [0.1, 0.15) is 23.4 Å². The summed E-state index contributed by atoms with van der Waals surface area (Å²) in [6.07, 6.45) is 0.202. The van der Waals surface area contributed by atoms with Gasteiger partial charge >= 0.3 is 6.09 Å². The van der Waals surface area contributed by atoms with Gasteiger partial charge in [0, 0.05) is 17.6 Å². The molecular formula is C36H47N3O5. The molecule has 0 spiro atoms. The number of hydrogen-bond donors (Lipinski definition) is 3. The summed E-state index contributed by atoms with van der Waals surface area (Å²) in [5.41, 5.74) is 3.35. The van der Waals surface area contributed by atoms with E-state index in [-0.39, 0.29) is 18.1 Å². The smallest absolute Gasteiger partial charge is 0.408 e. The minimum absolute atomic E-state index is 0.0896. The maximum absolute atomic E-state index is 14.7. The van der Waals surface area contributed by atoms with Crippen LogP contribution in [-0.4, -0.2) is 45.1 Å². The maximum atomic E-state index is 14.7. The van der Waals surface area contributed by atoms with Crippen LogP contribution in [-0.2, 0) is 27.2 Å². The van der Waals surface area contributed by atoms with Crippen molar-refractivity contribution in [1.29, 1.82) is 0 Å². The van der Waals surface area contributed by atoms with E-state index < -0.39 is 35.2 Å². The Balaban J connectivity index is 2.14. The molecule has 3 aromatic carbocycles. The Morgan fingerprint density at radius 1 is 0.841 bits per heavy atom. The summed E-state index contributed by atoms with van der Waals surface area (Å²) in [7, 11) is 0. The molecule has 8 heteroatoms. The van der Waals surface area contributed by atoms with Gasteiger partial charge in [0.15, 0.2) is 0 Å². The molecule has 0 aromatic heterocycles. The number of aromatic hydroxyl groups is 1. The van der Waals surface area contributed by atoms with Gasteiger partial charge in [-0.1, -0.05) is 61.5 Å². The quantitative estimate of drug-likeness (QED) is 0.244. The van der Waals surface area contributed by atoms with Crippen LogP contribution < -0.4 is 10.6 Å². The van der Waals surface area contributed by atoms with Crippen LogP contribution in [0.15, 0.2) is 66.7 Å². The zero-order valence-corrected chi connectivity index (χ0v) is 27.4. The van der Waals surface area contributed by atoms with E-state index in [1.54, 1.807) is 37.8 Å². The Hall–Kier alpha value is -4.33. The van der Waals surface area contributed by atoms with Crippen molar-refractivity contribution in [2.45, 2.75) is 98.4 Å². The summed E-state index contributed by atoms with van der Waals surface area (Å²) in [5.74, 6) is -0.722. The van der Waals surface area contributed by atoms with E-state index in [0.29, 0.717) is 11.3 Å². The molecule has 0 saturated carbocycles. The van der Waals surface area contributed by atoms with E-state index in [2.05, 4.69) is 17.6 Å². The highest BCUT2D eigenvalue weighted by Gasteiger charge is 2.42. The van der Waals surface area contributed by atoms with E-state index in [4.69, 9.17) is 4.74 Å².